The lowest BCUT2D eigenvalue weighted by molar-refractivity contribution is -0.128. The summed E-state index contributed by atoms with van der Waals surface area (Å²) in [5, 5.41) is 1.32. The Bertz CT molecular complexity index is 899. The van der Waals surface area contributed by atoms with Crippen LogP contribution in [-0.4, -0.2) is 46.6 Å². The van der Waals surface area contributed by atoms with Crippen molar-refractivity contribution in [3.8, 4) is 5.75 Å². The van der Waals surface area contributed by atoms with Crippen molar-refractivity contribution in [3.63, 3.8) is 0 Å². The summed E-state index contributed by atoms with van der Waals surface area (Å²) in [7, 11) is 1.54. The van der Waals surface area contributed by atoms with Crippen LogP contribution in [0.25, 0.3) is 0 Å². The van der Waals surface area contributed by atoms with Gasteiger partial charge in [0.05, 0.1) is 13.7 Å². The molecule has 0 radical (unpaired) electrons. The van der Waals surface area contributed by atoms with Crippen LogP contribution in [-0.2, 0) is 9.59 Å². The van der Waals surface area contributed by atoms with Gasteiger partial charge in [0, 0.05) is 17.7 Å². The van der Waals surface area contributed by atoms with Gasteiger partial charge in [-0.1, -0.05) is 42.1 Å². The molecule has 0 bridgehead atoms. The molecule has 1 saturated heterocycles. The smallest absolute Gasteiger partial charge is 0.289 e. The highest BCUT2D eigenvalue weighted by atomic mass is 32.2. The highest BCUT2D eigenvalue weighted by Crippen LogP contribution is 2.29. The fraction of sp³-hybridized carbons (Fsp3) is 0.200. The molecular weight excluding hydrogens is 380 g/mol. The number of hydrogen-bond donors (Lipinski definition) is 1. The van der Waals surface area contributed by atoms with Crippen LogP contribution in [0.4, 0.5) is 10.5 Å². The molecule has 1 fully saturated rings. The monoisotopic (exact) mass is 398 g/mol. The van der Waals surface area contributed by atoms with Gasteiger partial charge < -0.3 is 10.1 Å². The van der Waals surface area contributed by atoms with Crippen molar-refractivity contribution in [1.29, 1.82) is 0 Å². The molecule has 7 nitrogen and oxygen atoms in total. The van der Waals surface area contributed by atoms with Crippen LogP contribution >= 0.6 is 11.8 Å². The Labute approximate surface area is 166 Å². The van der Waals surface area contributed by atoms with E-state index in [1.165, 1.54) is 0 Å². The molecule has 3 rings (SSSR count). The average molecular weight is 398 g/mol. The first-order valence-electron chi connectivity index (χ1n) is 8.52. The molecule has 0 spiro atoms. The van der Waals surface area contributed by atoms with Crippen LogP contribution in [0.1, 0.15) is 16.8 Å². The maximum Gasteiger partial charge on any atom is 0.289 e. The van der Waals surface area contributed by atoms with Crippen molar-refractivity contribution in [2.75, 3.05) is 19.0 Å². The van der Waals surface area contributed by atoms with E-state index in [-0.39, 0.29) is 24.7 Å². The Morgan fingerprint density at radius 3 is 2.39 bits per heavy atom. The highest BCUT2D eigenvalue weighted by molar-refractivity contribution is 8.15. The van der Waals surface area contributed by atoms with Crippen LogP contribution < -0.4 is 10.1 Å². The molecular formula is C20H18N2O5S. The number of carbonyl (C=O) groups is 4. The molecule has 28 heavy (non-hydrogen) atoms. The Hall–Kier alpha value is -3.13. The van der Waals surface area contributed by atoms with Crippen molar-refractivity contribution in [2.45, 2.75) is 11.7 Å². The Kier molecular flexibility index (Phi) is 6.10. The Morgan fingerprint density at radius 2 is 1.75 bits per heavy atom. The number of imide groups is 1. The normalized spacial score (nSPS) is 16.2. The molecule has 0 unspecified atom stereocenters. The van der Waals surface area contributed by atoms with E-state index >= 15 is 0 Å². The van der Waals surface area contributed by atoms with E-state index in [1.807, 2.05) is 0 Å². The van der Waals surface area contributed by atoms with Gasteiger partial charge in [-0.2, -0.15) is 0 Å². The molecule has 2 aromatic rings. The first-order valence-corrected chi connectivity index (χ1v) is 9.40. The molecule has 1 heterocycles. The fourth-order valence-electron chi connectivity index (χ4n) is 2.68. The van der Waals surface area contributed by atoms with E-state index in [9.17, 15) is 19.2 Å². The van der Waals surface area contributed by atoms with Gasteiger partial charge in [-0.05, 0) is 24.3 Å². The second kappa shape index (κ2) is 8.71. The molecule has 1 atom stereocenters. The summed E-state index contributed by atoms with van der Waals surface area (Å²) < 4.78 is 5.05. The lowest BCUT2D eigenvalue weighted by Gasteiger charge is -2.13. The summed E-state index contributed by atoms with van der Waals surface area (Å²) in [6.45, 7) is -0.328. The summed E-state index contributed by atoms with van der Waals surface area (Å²) in [5.74, 6) is -0.584. The van der Waals surface area contributed by atoms with E-state index in [2.05, 4.69) is 5.32 Å². The standard InChI is InChI=1S/C20H18N2O5S/c1-27-15-9-7-14(8-10-15)21-18(24)11-17-19(25)22(20(26)28-17)12-16(23)13-5-3-2-4-6-13/h2-10,17H,11-12H2,1H3,(H,21,24)/t17-/m1/s1. The van der Waals surface area contributed by atoms with Crippen molar-refractivity contribution in [3.05, 3.63) is 60.2 Å². The summed E-state index contributed by atoms with van der Waals surface area (Å²) >= 11 is 0.768. The van der Waals surface area contributed by atoms with Crippen molar-refractivity contribution < 1.29 is 23.9 Å². The second-order valence-electron chi connectivity index (χ2n) is 6.07. The topological polar surface area (TPSA) is 92.8 Å². The van der Waals surface area contributed by atoms with Gasteiger partial charge in [0.25, 0.3) is 5.24 Å². The number of ketones is 1. The largest absolute Gasteiger partial charge is 0.497 e. The number of benzene rings is 2. The maximum absolute atomic E-state index is 12.5. The highest BCUT2D eigenvalue weighted by Gasteiger charge is 2.41. The molecule has 0 aromatic heterocycles. The number of amides is 3. The van der Waals surface area contributed by atoms with Crippen molar-refractivity contribution in [1.82, 2.24) is 4.90 Å². The summed E-state index contributed by atoms with van der Waals surface area (Å²) in [5.41, 5.74) is 0.984. The Balaban J connectivity index is 1.58. The Morgan fingerprint density at radius 1 is 1.07 bits per heavy atom. The van der Waals surface area contributed by atoms with Crippen LogP contribution in [0.2, 0.25) is 0 Å². The number of anilines is 1. The lowest BCUT2D eigenvalue weighted by atomic mass is 10.1. The van der Waals surface area contributed by atoms with E-state index in [0.29, 0.717) is 17.0 Å². The minimum Gasteiger partial charge on any atom is -0.497 e. The molecule has 144 valence electrons. The number of thioether (sulfide) groups is 1. The number of ether oxygens (including phenoxy) is 1. The molecule has 2 aromatic carbocycles. The first-order chi connectivity index (χ1) is 13.5. The summed E-state index contributed by atoms with van der Waals surface area (Å²) in [6, 6.07) is 15.2. The average Bonchev–Trinajstić information content (AvgIpc) is 2.96. The van der Waals surface area contributed by atoms with Gasteiger partial charge in [0.2, 0.25) is 11.8 Å². The third-order valence-corrected chi connectivity index (χ3v) is 5.22. The molecule has 0 saturated carbocycles. The van der Waals surface area contributed by atoms with E-state index in [0.717, 1.165) is 16.7 Å². The molecule has 3 amide bonds. The van der Waals surface area contributed by atoms with Gasteiger partial charge in [-0.25, -0.2) is 0 Å². The molecule has 0 aliphatic carbocycles. The zero-order valence-electron chi connectivity index (χ0n) is 15.1. The number of hydrogen-bond acceptors (Lipinski definition) is 6. The molecule has 1 N–H and O–H groups in total. The van der Waals surface area contributed by atoms with Crippen LogP contribution in [0.15, 0.2) is 54.6 Å². The van der Waals surface area contributed by atoms with Gasteiger partial charge in [0.1, 0.15) is 11.0 Å². The van der Waals surface area contributed by atoms with Crippen molar-refractivity contribution >= 4 is 40.3 Å². The van der Waals surface area contributed by atoms with E-state index < -0.39 is 16.4 Å². The van der Waals surface area contributed by atoms with E-state index in [4.69, 9.17) is 4.74 Å². The lowest BCUT2D eigenvalue weighted by Crippen LogP contribution is -2.36. The first kappa shape index (κ1) is 19.6. The number of nitrogens with one attached hydrogen (secondary N) is 1. The second-order valence-corrected chi connectivity index (χ2v) is 7.22. The van der Waals surface area contributed by atoms with Gasteiger partial charge >= 0.3 is 0 Å². The number of nitrogens with zero attached hydrogens (tertiary/aromatic N) is 1. The fourth-order valence-corrected chi connectivity index (χ4v) is 3.67. The minimum atomic E-state index is -0.839. The van der Waals surface area contributed by atoms with E-state index in [1.54, 1.807) is 61.7 Å². The van der Waals surface area contributed by atoms with Crippen LogP contribution in [0.3, 0.4) is 0 Å². The SMILES string of the molecule is COc1ccc(NC(=O)C[C@H]2SC(=O)N(CC(=O)c3ccccc3)C2=O)cc1. The predicted molar refractivity (Wildman–Crippen MR) is 106 cm³/mol. The molecule has 8 heteroatoms. The van der Waals surface area contributed by atoms with Crippen LogP contribution in [0.5, 0.6) is 5.75 Å². The third kappa shape index (κ3) is 4.58. The quantitative estimate of drug-likeness (QED) is 0.721. The number of rotatable bonds is 7. The molecule has 1 aliphatic rings. The van der Waals surface area contributed by atoms with Gasteiger partial charge in [0.15, 0.2) is 5.78 Å². The third-order valence-electron chi connectivity index (χ3n) is 4.15. The van der Waals surface area contributed by atoms with Crippen molar-refractivity contribution in [2.24, 2.45) is 0 Å². The summed E-state index contributed by atoms with van der Waals surface area (Å²) in [6.07, 6.45) is -0.155. The van der Waals surface area contributed by atoms with Gasteiger partial charge in [-0.3, -0.25) is 24.1 Å². The van der Waals surface area contributed by atoms with Crippen LogP contribution in [0, 0.1) is 0 Å². The number of carbonyl (C=O) groups excluding carboxylic acids is 4. The number of Topliss-reactive ketones (excluding diaryl/α,β-unsaturated/α-hetero) is 1. The summed E-state index contributed by atoms with van der Waals surface area (Å²) in [4.78, 5) is 50.0. The maximum atomic E-state index is 12.5. The molecule has 1 aliphatic heterocycles. The zero-order chi connectivity index (χ0) is 20.1. The predicted octanol–water partition coefficient (Wildman–Crippen LogP) is 2.97. The van der Waals surface area contributed by atoms with Gasteiger partial charge in [-0.15, -0.1) is 0 Å². The minimum absolute atomic E-state index is 0.155. The number of methoxy groups -OCH3 is 1. The zero-order valence-corrected chi connectivity index (χ0v) is 15.9.